The zero-order chi connectivity index (χ0) is 100. The maximum absolute atomic E-state index is 12.8. The van der Waals surface area contributed by atoms with Crippen molar-refractivity contribution in [2.45, 2.75) is 71.9 Å². The van der Waals surface area contributed by atoms with Gasteiger partial charge in [0.15, 0.2) is 0 Å². The van der Waals surface area contributed by atoms with Crippen molar-refractivity contribution in [3.8, 4) is 56.3 Å². The number of hydrogen-bond donors (Lipinski definition) is 12. The molecule has 5 amide bonds. The van der Waals surface area contributed by atoms with Gasteiger partial charge in [-0.3, -0.25) is 34.2 Å². The number of aromatic nitrogens is 14. The Morgan fingerprint density at radius 3 is 0.924 bits per heavy atom. The molecule has 17 aromatic rings. The highest BCUT2D eigenvalue weighted by atomic mass is 19.4. The molecule has 0 bridgehead atoms. The molecule has 7 fully saturated rings. The van der Waals surface area contributed by atoms with Gasteiger partial charge in [-0.05, 0) is 205 Å². The van der Waals surface area contributed by atoms with Gasteiger partial charge in [0.2, 0.25) is 29.5 Å². The van der Waals surface area contributed by atoms with Crippen LogP contribution in [0.1, 0.15) is 70.3 Å². The normalized spacial score (nSPS) is 20.1. The number of alkyl halides is 3. The lowest BCUT2D eigenvalue weighted by atomic mass is 10.0. The first-order chi connectivity index (χ1) is 69.6. The summed E-state index contributed by atoms with van der Waals surface area (Å²) in [5.74, 6) is 3.13. The molecule has 0 spiro atoms. The molecule has 5 aromatic carbocycles. The number of halogens is 3. The molecule has 14 heterocycles. The number of pyridine rings is 10. The van der Waals surface area contributed by atoms with Gasteiger partial charge in [0, 0.05) is 172 Å². The molecule has 35 heteroatoms. The van der Waals surface area contributed by atoms with E-state index in [4.69, 9.17) is 38.1 Å². The van der Waals surface area contributed by atoms with Crippen LogP contribution in [0.3, 0.4) is 0 Å². The molecule has 17 N–H and O–H groups in total. The van der Waals surface area contributed by atoms with Crippen LogP contribution < -0.4 is 55.3 Å². The number of ether oxygens (including phenoxy) is 2. The van der Waals surface area contributed by atoms with Crippen molar-refractivity contribution >= 4 is 142 Å². The van der Waals surface area contributed by atoms with E-state index in [0.29, 0.717) is 106 Å². The van der Waals surface area contributed by atoms with Gasteiger partial charge in [-0.1, -0.05) is 121 Å². The molecule has 5 saturated carbocycles. The lowest BCUT2D eigenvalue weighted by molar-refractivity contribution is -0.153. The predicted molar refractivity (Wildman–Crippen MR) is 550 cm³/mol. The number of nitrogens with zero attached hydrogens (tertiary/aromatic N) is 13. The van der Waals surface area contributed by atoms with Crippen LogP contribution in [0.4, 0.5) is 71.3 Å². The van der Waals surface area contributed by atoms with Gasteiger partial charge in [-0.15, -0.1) is 0 Å². The summed E-state index contributed by atoms with van der Waals surface area (Å²) in [7, 11) is 1.72. The number of aromatic amines is 2. The Labute approximate surface area is 824 Å². The molecule has 12 atom stereocenters. The third-order valence-corrected chi connectivity index (χ3v) is 28.2. The first-order valence-corrected chi connectivity index (χ1v) is 47.6. The molecule has 32 nitrogen and oxygen atoms in total. The van der Waals surface area contributed by atoms with E-state index in [2.05, 4.69) is 115 Å². The first-order valence-electron chi connectivity index (χ1n) is 47.6. The Morgan fingerprint density at radius 1 is 0.382 bits per heavy atom. The van der Waals surface area contributed by atoms with Crippen LogP contribution in [0.2, 0.25) is 0 Å². The van der Waals surface area contributed by atoms with Crippen LogP contribution in [0.5, 0.6) is 0 Å². The molecule has 144 heavy (non-hydrogen) atoms. The quantitative estimate of drug-likeness (QED) is 0.0337. The maximum Gasteiger partial charge on any atom is 0.392 e. The minimum Gasteiger partial charge on any atom is -0.383 e. The zero-order valence-corrected chi connectivity index (χ0v) is 79.5. The Bertz CT molecular complexity index is 7630. The second kappa shape index (κ2) is 39.8. The van der Waals surface area contributed by atoms with Crippen LogP contribution in [-0.2, 0) is 33.4 Å². The fourth-order valence-corrected chi connectivity index (χ4v) is 19.8. The first kappa shape index (κ1) is 94.9. The molecule has 2 unspecified atom stereocenters. The van der Waals surface area contributed by atoms with E-state index in [9.17, 15) is 37.1 Å². The number of benzene rings is 5. The number of amides is 5. The second-order valence-electron chi connectivity index (χ2n) is 37.8. The standard InChI is InChI=1S/C24H27N5O2.2C22H20N6O.C21H20N4O2.C20H17F3N4O/c1-14-5-3-4-6-16(14)20-9-15-10-21(26-11-17(15)23(25)27-20)28-24(30)22-18-12-29(7-8-31-2)13-19(18)22;2*1-12-4-2-3-5-14(12)19-8-13-9-20(24-11-17(13)21(23)26-19)27-22(29)16-10-15(16)18-6-7-25-28-18;1-11-4-2-3-5-13(11)17-6-12-7-18(23-8-14(12)20(22)24-17)25-21(26)19-15-9-27-10-16(15)19;1-10-4-2-3-5-12(10)16-6-11-7-17(25-9-14(11)18(24)26-16)27-19(28)13-8-15(13)20(21,22)23/h3-6,9-11,18-19,22H,7-8,12-13H2,1-2H3,(H2,25,27)(H,26,28,30);2*2-9,11,15-16H,10H2,1H3,(H2,23,26)(H,25,28)(H,24,27,29);2-8,15-16,19H,9-10H2,1H3,(H2,22,24)(H,23,25,26);2-7,9,13,15H,8H2,1H3,(H2,24,26)(H,25,27,28)/t18-,19+,22?;2*15-,16-;15-,16+,19?;13-,15-/m.11.1/s1. The maximum atomic E-state index is 12.8. The molecule has 728 valence electrons. The summed E-state index contributed by atoms with van der Waals surface area (Å²) in [6, 6.07) is 62.6. The number of H-pyrrole nitrogens is 2. The SMILES string of the molecule is COCCN1C[C@@H]2C(C(=O)Nc3cc4cc(-c5ccccc5C)nc(N)c4cn3)[C@@H]2C1.Cc1ccccc1-c1cc2cc(NC(=O)C3[C@H]4COC[C@@H]34)ncc2c(N)n1.Cc1ccccc1-c1cc2cc(NC(=O)[C@@H]3C[C@H]3C(F)(F)F)ncc2c(N)n1.Cc1ccccc1-c1cc2cc(NC(=O)[C@@H]3C[C@H]3c3ccn[nH]3)ncc2c(N)n1.Cc1ccccc1-c1cc2cc(NC(=O)[C@@H]3C[C@H]3c3ccn[nH]3)ncc2c(N)n1. The number of likely N-dealkylation sites (tertiary alicyclic amines) is 1. The van der Waals surface area contributed by atoms with Crippen molar-refractivity contribution in [1.29, 1.82) is 0 Å². The predicted octanol–water partition coefficient (Wildman–Crippen LogP) is 17.6. The number of aryl methyl sites for hydroxylation is 5. The summed E-state index contributed by atoms with van der Waals surface area (Å²) in [6.07, 6.45) is 8.66. The van der Waals surface area contributed by atoms with E-state index in [0.717, 1.165) is 172 Å². The average Bonchev–Trinajstić information content (AvgIpc) is 1.57. The molecule has 5 aliphatic carbocycles. The minimum absolute atomic E-state index is 0.0290. The Morgan fingerprint density at radius 2 is 0.660 bits per heavy atom. The number of carbonyl (C=O) groups excluding carboxylic acids is 5. The van der Waals surface area contributed by atoms with Gasteiger partial charge in [0.1, 0.15) is 58.2 Å². The number of nitrogens with one attached hydrogen (secondary N) is 7. The molecule has 7 aliphatic rings. The number of methoxy groups -OCH3 is 1. The van der Waals surface area contributed by atoms with Crippen LogP contribution in [0.15, 0.2) is 238 Å². The number of fused-ring (bicyclic) bond motifs is 7. The van der Waals surface area contributed by atoms with Crippen LogP contribution in [-0.4, -0.2) is 157 Å². The second-order valence-corrected chi connectivity index (χ2v) is 37.8. The highest BCUT2D eigenvalue weighted by Crippen LogP contribution is 2.55. The number of carbonyl (C=O) groups is 5. The van der Waals surface area contributed by atoms with E-state index in [1.807, 2.05) is 210 Å². The van der Waals surface area contributed by atoms with Gasteiger partial charge in [0.05, 0.1) is 60.1 Å². The lowest BCUT2D eigenvalue weighted by Crippen LogP contribution is -2.30. The highest BCUT2D eigenvalue weighted by Gasteiger charge is 2.61. The highest BCUT2D eigenvalue weighted by molar-refractivity contribution is 6.05. The van der Waals surface area contributed by atoms with Gasteiger partial charge >= 0.3 is 6.18 Å². The number of piperidine rings is 1. The van der Waals surface area contributed by atoms with Gasteiger partial charge in [0.25, 0.3) is 0 Å². The number of nitrogen functional groups attached to an aromatic ring is 5. The molecular formula is C109H104F3N25O7. The molecular weight excluding hydrogens is 1830 g/mol. The van der Waals surface area contributed by atoms with Crippen molar-refractivity contribution in [2.24, 2.45) is 59.2 Å². The summed E-state index contributed by atoms with van der Waals surface area (Å²) >= 11 is 0. The summed E-state index contributed by atoms with van der Waals surface area (Å²) in [5, 5.41) is 36.1. The van der Waals surface area contributed by atoms with Crippen LogP contribution in [0, 0.1) is 93.8 Å². The lowest BCUT2D eigenvalue weighted by Gasteiger charge is -2.18. The molecule has 0 radical (unpaired) electrons. The van der Waals surface area contributed by atoms with Crippen molar-refractivity contribution in [3.05, 3.63) is 277 Å². The number of hydrogen-bond acceptors (Lipinski definition) is 25. The van der Waals surface area contributed by atoms with Crippen molar-refractivity contribution < 1.29 is 46.6 Å². The van der Waals surface area contributed by atoms with Crippen LogP contribution >= 0.6 is 0 Å². The Balaban J connectivity index is 0.000000110. The third-order valence-electron chi connectivity index (χ3n) is 28.2. The topological polar surface area (TPSA) is 484 Å². The monoisotopic (exact) mass is 1930 g/mol. The van der Waals surface area contributed by atoms with E-state index >= 15 is 0 Å². The molecule has 2 saturated heterocycles. The summed E-state index contributed by atoms with van der Waals surface area (Å²) < 4.78 is 48.5. The Kier molecular flexibility index (Phi) is 26.2. The van der Waals surface area contributed by atoms with Crippen LogP contribution in [0.25, 0.3) is 110 Å². The van der Waals surface area contributed by atoms with Crippen molar-refractivity contribution in [2.75, 3.05) is 102 Å². The van der Waals surface area contributed by atoms with E-state index in [-0.39, 0.29) is 71.4 Å². The molecule has 24 rings (SSSR count). The Hall–Kier alpha value is -16.7. The number of anilines is 10. The third kappa shape index (κ3) is 20.5. The van der Waals surface area contributed by atoms with E-state index < -0.39 is 23.9 Å². The van der Waals surface area contributed by atoms with Gasteiger partial charge < -0.3 is 69.6 Å². The average molecular weight is 1930 g/mol. The van der Waals surface area contributed by atoms with E-state index in [1.54, 1.807) is 50.4 Å². The summed E-state index contributed by atoms with van der Waals surface area (Å²) in [6.45, 7) is 15.1. The van der Waals surface area contributed by atoms with E-state index in [1.165, 1.54) is 6.20 Å². The smallest absolute Gasteiger partial charge is 0.383 e. The molecule has 12 aromatic heterocycles. The summed E-state index contributed by atoms with van der Waals surface area (Å²) in [5.41, 5.74) is 47.3. The zero-order valence-electron chi connectivity index (χ0n) is 79.5. The van der Waals surface area contributed by atoms with Crippen molar-refractivity contribution in [3.63, 3.8) is 0 Å². The fourth-order valence-electron chi connectivity index (χ4n) is 19.8. The number of nitrogens with two attached hydrogens (primary N) is 5. The largest absolute Gasteiger partial charge is 0.392 e. The minimum atomic E-state index is -4.35. The van der Waals surface area contributed by atoms with Gasteiger partial charge in [-0.2, -0.15) is 23.4 Å². The fraction of sp³-hybridized carbons (Fsp3) is 0.257. The van der Waals surface area contributed by atoms with Crippen molar-refractivity contribution in [1.82, 2.24) is 75.1 Å². The van der Waals surface area contributed by atoms with Gasteiger partial charge in [-0.25, -0.2) is 49.8 Å². The molecule has 2 aliphatic heterocycles. The summed E-state index contributed by atoms with van der Waals surface area (Å²) in [4.78, 5) is 109. The number of rotatable bonds is 20.